The summed E-state index contributed by atoms with van der Waals surface area (Å²) in [6, 6.07) is 7.19. The molecule has 0 saturated carbocycles. The normalized spacial score (nSPS) is 11.8. The number of hydrogen-bond acceptors (Lipinski definition) is 3. The number of rotatable bonds is 10. The maximum Gasteiger partial charge on any atom is 0.191 e. The van der Waals surface area contributed by atoms with Crippen molar-refractivity contribution in [3.63, 3.8) is 0 Å². The van der Waals surface area contributed by atoms with Crippen LogP contribution in [0.4, 0.5) is 0 Å². The number of aromatic nitrogens is 1. The second kappa shape index (κ2) is 14.3. The van der Waals surface area contributed by atoms with Crippen LogP contribution in [0.15, 0.2) is 29.4 Å². The van der Waals surface area contributed by atoms with Crippen LogP contribution >= 0.6 is 24.0 Å². The molecule has 1 aromatic heterocycles. The molecule has 0 fully saturated rings. The molecule has 5 nitrogen and oxygen atoms in total. The molecule has 0 spiro atoms. The van der Waals surface area contributed by atoms with E-state index in [4.69, 9.17) is 0 Å². The summed E-state index contributed by atoms with van der Waals surface area (Å²) in [7, 11) is 0. The summed E-state index contributed by atoms with van der Waals surface area (Å²) in [5.41, 5.74) is 1.10. The lowest BCUT2D eigenvalue weighted by atomic mass is 10.2. The summed E-state index contributed by atoms with van der Waals surface area (Å²) >= 11 is 0. The highest BCUT2D eigenvalue weighted by molar-refractivity contribution is 14.0. The van der Waals surface area contributed by atoms with E-state index in [1.807, 2.05) is 18.3 Å². The first-order valence-corrected chi connectivity index (χ1v) is 9.22. The first kappa shape index (κ1) is 24.1. The highest BCUT2D eigenvalue weighted by Gasteiger charge is 2.12. The molecule has 1 aromatic rings. The quantitative estimate of drug-likeness (QED) is 0.243. The minimum absolute atomic E-state index is 0. The Morgan fingerprint density at radius 3 is 2.44 bits per heavy atom. The van der Waals surface area contributed by atoms with Crippen LogP contribution in [-0.4, -0.2) is 54.1 Å². The van der Waals surface area contributed by atoms with Gasteiger partial charge >= 0.3 is 0 Å². The molecule has 1 heterocycles. The summed E-state index contributed by atoms with van der Waals surface area (Å²) in [6.07, 6.45) is 3.82. The van der Waals surface area contributed by atoms with Crippen molar-refractivity contribution in [1.29, 1.82) is 0 Å². The molecular formula is C19H36IN5. The fourth-order valence-corrected chi connectivity index (χ4v) is 2.75. The molecule has 2 N–H and O–H groups in total. The maximum absolute atomic E-state index is 4.68. The third-order valence-electron chi connectivity index (χ3n) is 3.91. The standard InChI is InChI=1S/C19H35N5.HI/c1-6-20-19(23-14-11-18-10-7-8-12-21-18)22-13-9-15-24(16(2)3)17(4)5;/h7-8,10,12,16-17H,6,9,11,13-15H2,1-5H3,(H2,20,22,23);1H. The van der Waals surface area contributed by atoms with E-state index in [0.29, 0.717) is 12.1 Å². The lowest BCUT2D eigenvalue weighted by Gasteiger charge is -2.30. The Bertz CT molecular complexity index is 454. The van der Waals surface area contributed by atoms with E-state index in [0.717, 1.165) is 50.7 Å². The van der Waals surface area contributed by atoms with E-state index >= 15 is 0 Å². The van der Waals surface area contributed by atoms with Gasteiger partial charge in [0, 0.05) is 56.6 Å². The molecule has 0 radical (unpaired) electrons. The molecule has 144 valence electrons. The van der Waals surface area contributed by atoms with Gasteiger partial charge in [-0.25, -0.2) is 0 Å². The molecule has 1 rings (SSSR count). The van der Waals surface area contributed by atoms with E-state index in [1.165, 1.54) is 0 Å². The Labute approximate surface area is 171 Å². The molecule has 6 heteroatoms. The van der Waals surface area contributed by atoms with Crippen LogP contribution in [0.1, 0.15) is 46.7 Å². The van der Waals surface area contributed by atoms with Crippen LogP contribution in [0.2, 0.25) is 0 Å². The van der Waals surface area contributed by atoms with Crippen LogP contribution < -0.4 is 10.6 Å². The largest absolute Gasteiger partial charge is 0.357 e. The Hall–Kier alpha value is -0.890. The van der Waals surface area contributed by atoms with Gasteiger partial charge in [-0.05, 0) is 53.2 Å². The van der Waals surface area contributed by atoms with Crippen LogP contribution in [-0.2, 0) is 6.42 Å². The van der Waals surface area contributed by atoms with Crippen LogP contribution in [0.5, 0.6) is 0 Å². The highest BCUT2D eigenvalue weighted by Crippen LogP contribution is 2.05. The zero-order valence-electron chi connectivity index (χ0n) is 16.5. The van der Waals surface area contributed by atoms with E-state index < -0.39 is 0 Å². The molecule has 0 amide bonds. The van der Waals surface area contributed by atoms with Crippen molar-refractivity contribution < 1.29 is 0 Å². The molecule has 0 aliphatic rings. The Morgan fingerprint density at radius 1 is 1.16 bits per heavy atom. The SMILES string of the molecule is CCNC(=NCCCN(C(C)C)C(C)C)NCCc1ccccn1.I. The molecule has 25 heavy (non-hydrogen) atoms. The molecule has 0 aliphatic carbocycles. The first-order chi connectivity index (χ1) is 11.5. The van der Waals surface area contributed by atoms with Gasteiger partial charge in [0.15, 0.2) is 5.96 Å². The van der Waals surface area contributed by atoms with Gasteiger partial charge in [0.1, 0.15) is 0 Å². The topological polar surface area (TPSA) is 52.6 Å². The number of pyridine rings is 1. The molecular weight excluding hydrogens is 425 g/mol. The minimum Gasteiger partial charge on any atom is -0.357 e. The Kier molecular flexibility index (Phi) is 13.8. The van der Waals surface area contributed by atoms with Crippen molar-refractivity contribution in [2.75, 3.05) is 26.2 Å². The second-order valence-electron chi connectivity index (χ2n) is 6.54. The monoisotopic (exact) mass is 461 g/mol. The van der Waals surface area contributed by atoms with E-state index in [1.54, 1.807) is 0 Å². The molecule has 0 bridgehead atoms. The van der Waals surface area contributed by atoms with E-state index in [9.17, 15) is 0 Å². The van der Waals surface area contributed by atoms with Crippen LogP contribution in [0.3, 0.4) is 0 Å². The maximum atomic E-state index is 4.68. The third-order valence-corrected chi connectivity index (χ3v) is 3.91. The van der Waals surface area contributed by atoms with Crippen molar-refractivity contribution in [1.82, 2.24) is 20.5 Å². The van der Waals surface area contributed by atoms with Crippen LogP contribution in [0, 0.1) is 0 Å². The van der Waals surface area contributed by atoms with Gasteiger partial charge in [-0.3, -0.25) is 14.9 Å². The van der Waals surface area contributed by atoms with Crippen molar-refractivity contribution in [3.8, 4) is 0 Å². The summed E-state index contributed by atoms with van der Waals surface area (Å²) in [5, 5.41) is 6.70. The number of hydrogen-bond donors (Lipinski definition) is 2. The minimum atomic E-state index is 0. The fourth-order valence-electron chi connectivity index (χ4n) is 2.75. The van der Waals surface area contributed by atoms with E-state index in [-0.39, 0.29) is 24.0 Å². The van der Waals surface area contributed by atoms with Gasteiger partial charge in [0.2, 0.25) is 0 Å². The molecule has 0 atom stereocenters. The van der Waals surface area contributed by atoms with Gasteiger partial charge in [-0.2, -0.15) is 0 Å². The van der Waals surface area contributed by atoms with Gasteiger partial charge < -0.3 is 10.6 Å². The zero-order chi connectivity index (χ0) is 17.8. The summed E-state index contributed by atoms with van der Waals surface area (Å²) in [5.74, 6) is 0.897. The second-order valence-corrected chi connectivity index (χ2v) is 6.54. The van der Waals surface area contributed by atoms with E-state index in [2.05, 4.69) is 66.2 Å². The molecule has 0 unspecified atom stereocenters. The average molecular weight is 461 g/mol. The van der Waals surface area contributed by atoms with Crippen molar-refractivity contribution >= 4 is 29.9 Å². The van der Waals surface area contributed by atoms with Gasteiger partial charge in [-0.15, -0.1) is 24.0 Å². The number of nitrogens with zero attached hydrogens (tertiary/aromatic N) is 3. The Balaban J connectivity index is 0.00000576. The molecule has 0 aliphatic heterocycles. The predicted octanol–water partition coefficient (Wildman–Crippen LogP) is 3.31. The van der Waals surface area contributed by atoms with Crippen molar-refractivity contribution in [3.05, 3.63) is 30.1 Å². The predicted molar refractivity (Wildman–Crippen MR) is 119 cm³/mol. The number of guanidine groups is 1. The highest BCUT2D eigenvalue weighted by atomic mass is 127. The Morgan fingerprint density at radius 2 is 1.88 bits per heavy atom. The van der Waals surface area contributed by atoms with Gasteiger partial charge in [-0.1, -0.05) is 6.07 Å². The van der Waals surface area contributed by atoms with Crippen LogP contribution in [0.25, 0.3) is 0 Å². The van der Waals surface area contributed by atoms with Gasteiger partial charge in [0.25, 0.3) is 0 Å². The molecule has 0 saturated heterocycles. The number of nitrogens with one attached hydrogen (secondary N) is 2. The number of halogens is 1. The van der Waals surface area contributed by atoms with Crippen molar-refractivity contribution in [2.24, 2.45) is 4.99 Å². The average Bonchev–Trinajstić information content (AvgIpc) is 2.54. The summed E-state index contributed by atoms with van der Waals surface area (Å²) in [4.78, 5) is 11.5. The summed E-state index contributed by atoms with van der Waals surface area (Å²) < 4.78 is 0. The molecule has 0 aromatic carbocycles. The zero-order valence-corrected chi connectivity index (χ0v) is 18.8. The van der Waals surface area contributed by atoms with Gasteiger partial charge in [0.05, 0.1) is 0 Å². The fraction of sp³-hybridized carbons (Fsp3) is 0.684. The van der Waals surface area contributed by atoms with Crippen molar-refractivity contribution in [2.45, 2.75) is 59.5 Å². The third kappa shape index (κ3) is 10.6. The first-order valence-electron chi connectivity index (χ1n) is 9.22. The lowest BCUT2D eigenvalue weighted by Crippen LogP contribution is -2.39. The summed E-state index contributed by atoms with van der Waals surface area (Å²) in [6.45, 7) is 14.8. The number of aliphatic imine (C=N–C) groups is 1. The lowest BCUT2D eigenvalue weighted by molar-refractivity contribution is 0.174. The smallest absolute Gasteiger partial charge is 0.191 e.